The van der Waals surface area contributed by atoms with Gasteiger partial charge in [-0.1, -0.05) is 18.6 Å². The van der Waals surface area contributed by atoms with Gasteiger partial charge in [-0.3, -0.25) is 0 Å². The number of hydrogen-bond donors (Lipinski definition) is 1. The molecule has 3 nitrogen and oxygen atoms in total. The first-order chi connectivity index (χ1) is 7.25. The zero-order valence-corrected chi connectivity index (χ0v) is 9.15. The SMILES string of the molecule is C=CCOC1(OCC=C)CCCCC1O. The molecule has 3 heteroatoms. The second-order valence-electron chi connectivity index (χ2n) is 3.77. The Labute approximate surface area is 91.4 Å². The second-order valence-corrected chi connectivity index (χ2v) is 3.77. The van der Waals surface area contributed by atoms with Crippen LogP contribution in [0.4, 0.5) is 0 Å². The molecule has 1 aliphatic rings. The maximum Gasteiger partial charge on any atom is 0.195 e. The van der Waals surface area contributed by atoms with Crippen molar-refractivity contribution in [2.24, 2.45) is 0 Å². The normalized spacial score (nSPS) is 24.7. The summed E-state index contributed by atoms with van der Waals surface area (Å²) in [6.45, 7) is 7.99. The summed E-state index contributed by atoms with van der Waals surface area (Å²) in [5, 5.41) is 9.95. The molecule has 1 aliphatic carbocycles. The lowest BCUT2D eigenvalue weighted by Gasteiger charge is -2.40. The van der Waals surface area contributed by atoms with Crippen LogP contribution in [0.15, 0.2) is 25.3 Å². The fourth-order valence-corrected chi connectivity index (χ4v) is 1.87. The molecule has 1 unspecified atom stereocenters. The predicted octanol–water partition coefficient (Wildman–Crippen LogP) is 2.02. The summed E-state index contributed by atoms with van der Waals surface area (Å²) in [5.74, 6) is -0.847. The van der Waals surface area contributed by atoms with Crippen LogP contribution < -0.4 is 0 Å². The highest BCUT2D eigenvalue weighted by Crippen LogP contribution is 2.33. The van der Waals surface area contributed by atoms with Gasteiger partial charge in [-0.2, -0.15) is 0 Å². The van der Waals surface area contributed by atoms with Gasteiger partial charge < -0.3 is 14.6 Å². The van der Waals surface area contributed by atoms with Gasteiger partial charge in [0.15, 0.2) is 5.79 Å². The molecule has 0 saturated heterocycles. The van der Waals surface area contributed by atoms with E-state index in [-0.39, 0.29) is 0 Å². The van der Waals surface area contributed by atoms with E-state index in [1.807, 2.05) is 0 Å². The minimum atomic E-state index is -0.847. The Kier molecular flexibility index (Phi) is 5.02. The summed E-state index contributed by atoms with van der Waals surface area (Å²) < 4.78 is 11.2. The number of hydrogen-bond acceptors (Lipinski definition) is 3. The molecule has 0 aromatic heterocycles. The quantitative estimate of drug-likeness (QED) is 0.541. The third kappa shape index (κ3) is 3.16. The van der Waals surface area contributed by atoms with E-state index in [2.05, 4.69) is 13.2 Å². The molecule has 1 fully saturated rings. The van der Waals surface area contributed by atoms with E-state index in [1.54, 1.807) is 12.2 Å². The van der Waals surface area contributed by atoms with Crippen molar-refractivity contribution in [1.82, 2.24) is 0 Å². The lowest BCUT2D eigenvalue weighted by Crippen LogP contribution is -2.49. The predicted molar refractivity (Wildman–Crippen MR) is 59.5 cm³/mol. The third-order valence-corrected chi connectivity index (χ3v) is 2.65. The molecular formula is C12H20O3. The Morgan fingerprint density at radius 3 is 2.27 bits per heavy atom. The van der Waals surface area contributed by atoms with Crippen molar-refractivity contribution in [3.63, 3.8) is 0 Å². The van der Waals surface area contributed by atoms with Crippen molar-refractivity contribution in [2.75, 3.05) is 13.2 Å². The smallest absolute Gasteiger partial charge is 0.195 e. The van der Waals surface area contributed by atoms with E-state index < -0.39 is 11.9 Å². The first-order valence-corrected chi connectivity index (χ1v) is 5.43. The van der Waals surface area contributed by atoms with Crippen LogP contribution in [0.3, 0.4) is 0 Å². The van der Waals surface area contributed by atoms with E-state index in [0.717, 1.165) is 25.7 Å². The molecule has 86 valence electrons. The minimum Gasteiger partial charge on any atom is -0.388 e. The van der Waals surface area contributed by atoms with E-state index in [4.69, 9.17) is 9.47 Å². The number of rotatable bonds is 6. The maximum absolute atomic E-state index is 9.95. The van der Waals surface area contributed by atoms with Crippen molar-refractivity contribution >= 4 is 0 Å². The van der Waals surface area contributed by atoms with Crippen LogP contribution in [0.2, 0.25) is 0 Å². The zero-order chi connectivity index (χ0) is 11.1. The van der Waals surface area contributed by atoms with Gasteiger partial charge in [0.25, 0.3) is 0 Å². The molecule has 0 heterocycles. The Morgan fingerprint density at radius 1 is 1.20 bits per heavy atom. The molecule has 0 aliphatic heterocycles. The lowest BCUT2D eigenvalue weighted by molar-refractivity contribution is -0.287. The van der Waals surface area contributed by atoms with Gasteiger partial charge >= 0.3 is 0 Å². The molecule has 1 atom stereocenters. The van der Waals surface area contributed by atoms with Crippen molar-refractivity contribution in [3.05, 3.63) is 25.3 Å². The highest BCUT2D eigenvalue weighted by atomic mass is 16.7. The fraction of sp³-hybridized carbons (Fsp3) is 0.667. The summed E-state index contributed by atoms with van der Waals surface area (Å²) in [5.41, 5.74) is 0. The van der Waals surface area contributed by atoms with Gasteiger partial charge in [0.1, 0.15) is 6.10 Å². The lowest BCUT2D eigenvalue weighted by atomic mass is 9.91. The van der Waals surface area contributed by atoms with Crippen molar-refractivity contribution in [1.29, 1.82) is 0 Å². The highest BCUT2D eigenvalue weighted by Gasteiger charge is 2.41. The summed E-state index contributed by atoms with van der Waals surface area (Å²) in [7, 11) is 0. The van der Waals surface area contributed by atoms with Gasteiger partial charge in [-0.25, -0.2) is 0 Å². The first-order valence-electron chi connectivity index (χ1n) is 5.43. The number of aliphatic hydroxyl groups is 1. The van der Waals surface area contributed by atoms with Crippen LogP contribution in [-0.4, -0.2) is 30.2 Å². The summed E-state index contributed by atoms with van der Waals surface area (Å²) in [6.07, 6.45) is 6.29. The Bertz CT molecular complexity index is 201. The average molecular weight is 212 g/mol. The van der Waals surface area contributed by atoms with Crippen molar-refractivity contribution in [2.45, 2.75) is 37.6 Å². The number of ether oxygens (including phenoxy) is 2. The molecule has 0 aromatic carbocycles. The molecule has 0 spiro atoms. The average Bonchev–Trinajstić information content (AvgIpc) is 2.27. The van der Waals surface area contributed by atoms with Crippen LogP contribution >= 0.6 is 0 Å². The van der Waals surface area contributed by atoms with Crippen LogP contribution in [0.5, 0.6) is 0 Å². The molecule has 1 saturated carbocycles. The van der Waals surface area contributed by atoms with Gasteiger partial charge in [-0.05, 0) is 12.8 Å². The van der Waals surface area contributed by atoms with E-state index >= 15 is 0 Å². The van der Waals surface area contributed by atoms with Gasteiger partial charge in [-0.15, -0.1) is 13.2 Å². The molecule has 0 amide bonds. The largest absolute Gasteiger partial charge is 0.388 e. The summed E-state index contributed by atoms with van der Waals surface area (Å²) >= 11 is 0. The summed E-state index contributed by atoms with van der Waals surface area (Å²) in [6, 6.07) is 0. The maximum atomic E-state index is 9.95. The minimum absolute atomic E-state index is 0.397. The van der Waals surface area contributed by atoms with Crippen LogP contribution in [0.25, 0.3) is 0 Å². The van der Waals surface area contributed by atoms with Gasteiger partial charge in [0.2, 0.25) is 0 Å². The Morgan fingerprint density at radius 2 is 1.80 bits per heavy atom. The van der Waals surface area contributed by atoms with Gasteiger partial charge in [0, 0.05) is 6.42 Å². The standard InChI is InChI=1S/C12H20O3/c1-3-9-14-12(15-10-4-2)8-6-5-7-11(12)13/h3-4,11,13H,1-2,5-10H2. The van der Waals surface area contributed by atoms with Crippen molar-refractivity contribution < 1.29 is 14.6 Å². The van der Waals surface area contributed by atoms with E-state index in [9.17, 15) is 5.11 Å². The molecular weight excluding hydrogens is 192 g/mol. The third-order valence-electron chi connectivity index (χ3n) is 2.65. The highest BCUT2D eigenvalue weighted by molar-refractivity contribution is 4.86. The zero-order valence-electron chi connectivity index (χ0n) is 9.15. The van der Waals surface area contributed by atoms with Gasteiger partial charge in [0.05, 0.1) is 13.2 Å². The first kappa shape index (κ1) is 12.4. The molecule has 1 rings (SSSR count). The molecule has 0 bridgehead atoms. The Balaban J connectivity index is 2.63. The van der Waals surface area contributed by atoms with Crippen LogP contribution in [-0.2, 0) is 9.47 Å². The fourth-order valence-electron chi connectivity index (χ4n) is 1.87. The van der Waals surface area contributed by atoms with Crippen molar-refractivity contribution in [3.8, 4) is 0 Å². The van der Waals surface area contributed by atoms with Crippen LogP contribution in [0, 0.1) is 0 Å². The molecule has 1 N–H and O–H groups in total. The second kappa shape index (κ2) is 6.05. The summed E-state index contributed by atoms with van der Waals surface area (Å²) in [4.78, 5) is 0. The number of aliphatic hydroxyl groups excluding tert-OH is 1. The van der Waals surface area contributed by atoms with E-state index in [0.29, 0.717) is 13.2 Å². The topological polar surface area (TPSA) is 38.7 Å². The monoisotopic (exact) mass is 212 g/mol. The molecule has 0 radical (unpaired) electrons. The van der Waals surface area contributed by atoms with E-state index in [1.165, 1.54) is 0 Å². The molecule has 0 aromatic rings. The molecule has 15 heavy (non-hydrogen) atoms. The Hall–Kier alpha value is -0.640. The van der Waals surface area contributed by atoms with Crippen LogP contribution in [0.1, 0.15) is 25.7 Å².